The van der Waals surface area contributed by atoms with E-state index in [1.807, 2.05) is 36.1 Å². The molecule has 0 bridgehead atoms. The summed E-state index contributed by atoms with van der Waals surface area (Å²) >= 11 is 7.77. The molecule has 0 aromatic heterocycles. The third kappa shape index (κ3) is 4.42. The Morgan fingerprint density at radius 3 is 2.88 bits per heavy atom. The van der Waals surface area contributed by atoms with E-state index in [9.17, 15) is 9.59 Å². The molecule has 0 spiro atoms. The maximum atomic E-state index is 13.2. The minimum absolute atomic E-state index is 0. The van der Waals surface area contributed by atoms with Crippen LogP contribution in [0.3, 0.4) is 0 Å². The van der Waals surface area contributed by atoms with Crippen LogP contribution in [-0.4, -0.2) is 58.9 Å². The summed E-state index contributed by atoms with van der Waals surface area (Å²) in [6, 6.07) is 7.27. The molecule has 0 aliphatic carbocycles. The first-order chi connectivity index (χ1) is 11.6. The van der Waals surface area contributed by atoms with Gasteiger partial charge < -0.3 is 15.1 Å². The Morgan fingerprint density at radius 2 is 2.16 bits per heavy atom. The molecule has 2 unspecified atom stereocenters. The Bertz CT molecular complexity index is 632. The summed E-state index contributed by atoms with van der Waals surface area (Å²) in [4.78, 5) is 28.9. The number of nitrogens with one attached hydrogen (secondary N) is 1. The van der Waals surface area contributed by atoms with Crippen molar-refractivity contribution in [2.24, 2.45) is 0 Å². The Balaban J connectivity index is 0.00000225. The highest BCUT2D eigenvalue weighted by atomic mass is 35.5. The molecule has 2 aliphatic heterocycles. The number of rotatable bonds is 3. The zero-order chi connectivity index (χ0) is 17.1. The molecule has 1 aromatic carbocycles. The molecule has 2 aliphatic rings. The van der Waals surface area contributed by atoms with Crippen LogP contribution in [0.1, 0.15) is 24.9 Å². The van der Waals surface area contributed by atoms with Gasteiger partial charge in [-0.05, 0) is 17.7 Å². The van der Waals surface area contributed by atoms with Gasteiger partial charge in [0.25, 0.3) is 0 Å². The molecule has 0 radical (unpaired) electrons. The average Bonchev–Trinajstić information content (AvgIpc) is 3.10. The summed E-state index contributed by atoms with van der Waals surface area (Å²) in [5.74, 6) is 1.38. The molecule has 1 N–H and O–H groups in total. The number of carbonyl (C=O) groups excluding carboxylic acids is 2. The smallest absolute Gasteiger partial charge is 0.246 e. The molecule has 5 nitrogen and oxygen atoms in total. The lowest BCUT2D eigenvalue weighted by Crippen LogP contribution is -2.55. The van der Waals surface area contributed by atoms with Gasteiger partial charge in [-0.2, -0.15) is 0 Å². The normalized spacial score (nSPS) is 23.3. The summed E-state index contributed by atoms with van der Waals surface area (Å²) < 4.78 is 0. The maximum absolute atomic E-state index is 13.2. The highest BCUT2D eigenvalue weighted by molar-refractivity contribution is 7.99. The van der Waals surface area contributed by atoms with Crippen molar-refractivity contribution in [3.05, 3.63) is 34.9 Å². The zero-order valence-corrected chi connectivity index (χ0v) is 16.5. The van der Waals surface area contributed by atoms with Gasteiger partial charge >= 0.3 is 0 Å². The molecule has 2 atom stereocenters. The molecule has 0 saturated carbocycles. The van der Waals surface area contributed by atoms with Crippen molar-refractivity contribution < 1.29 is 9.59 Å². The Morgan fingerprint density at radius 1 is 1.36 bits per heavy atom. The van der Waals surface area contributed by atoms with E-state index in [2.05, 4.69) is 5.32 Å². The van der Waals surface area contributed by atoms with Crippen molar-refractivity contribution >= 4 is 47.6 Å². The lowest BCUT2D eigenvalue weighted by molar-refractivity contribution is -0.145. The van der Waals surface area contributed by atoms with Gasteiger partial charge in [-0.25, -0.2) is 0 Å². The number of carbonyl (C=O) groups is 2. The van der Waals surface area contributed by atoms with Gasteiger partial charge in [0.05, 0.1) is 11.9 Å². The summed E-state index contributed by atoms with van der Waals surface area (Å²) in [5.41, 5.74) is 1.03. The van der Waals surface area contributed by atoms with Crippen LogP contribution < -0.4 is 5.32 Å². The van der Waals surface area contributed by atoms with Gasteiger partial charge in [-0.3, -0.25) is 9.59 Å². The fourth-order valence-electron chi connectivity index (χ4n) is 3.27. The zero-order valence-electron chi connectivity index (χ0n) is 14.1. The SMILES string of the molecule is CCC(=O)N1CSCC1C(=O)N1CCNCC1c1cccc(Cl)c1.Cl. The van der Waals surface area contributed by atoms with Crippen molar-refractivity contribution in [1.82, 2.24) is 15.1 Å². The number of hydrogen-bond donors (Lipinski definition) is 1. The van der Waals surface area contributed by atoms with Gasteiger partial charge in [0.2, 0.25) is 11.8 Å². The van der Waals surface area contributed by atoms with Crippen LogP contribution in [0, 0.1) is 0 Å². The van der Waals surface area contributed by atoms with Crippen molar-refractivity contribution in [3.8, 4) is 0 Å². The van der Waals surface area contributed by atoms with Gasteiger partial charge in [0, 0.05) is 36.8 Å². The molecular weight excluding hydrogens is 381 g/mol. The van der Waals surface area contributed by atoms with E-state index in [1.165, 1.54) is 0 Å². The van der Waals surface area contributed by atoms with E-state index in [1.54, 1.807) is 16.7 Å². The Kier molecular flexibility index (Phi) is 7.43. The number of thioether (sulfide) groups is 1. The molecule has 2 amide bonds. The highest BCUT2D eigenvalue weighted by Gasteiger charge is 2.39. The molecule has 3 rings (SSSR count). The van der Waals surface area contributed by atoms with E-state index < -0.39 is 0 Å². The monoisotopic (exact) mass is 403 g/mol. The summed E-state index contributed by atoms with van der Waals surface area (Å²) in [5, 5.41) is 4.02. The quantitative estimate of drug-likeness (QED) is 0.842. The molecule has 2 saturated heterocycles. The summed E-state index contributed by atoms with van der Waals surface area (Å²) in [6.07, 6.45) is 0.434. The summed E-state index contributed by atoms with van der Waals surface area (Å²) in [6.45, 7) is 3.95. The fourth-order valence-corrected chi connectivity index (χ4v) is 4.64. The first kappa shape index (κ1) is 20.4. The summed E-state index contributed by atoms with van der Waals surface area (Å²) in [7, 11) is 0. The van der Waals surface area contributed by atoms with Crippen LogP contribution in [-0.2, 0) is 9.59 Å². The van der Waals surface area contributed by atoms with Gasteiger partial charge in [-0.1, -0.05) is 30.7 Å². The largest absolute Gasteiger partial charge is 0.331 e. The number of benzene rings is 1. The Labute approximate surface area is 163 Å². The van der Waals surface area contributed by atoms with Crippen LogP contribution in [0.4, 0.5) is 0 Å². The predicted molar refractivity (Wildman–Crippen MR) is 104 cm³/mol. The van der Waals surface area contributed by atoms with E-state index >= 15 is 0 Å². The lowest BCUT2D eigenvalue weighted by atomic mass is 10.0. The third-order valence-corrected chi connectivity index (χ3v) is 5.80. The molecule has 138 valence electrons. The Hall–Kier alpha value is -0.950. The standard InChI is InChI=1S/C17H22ClN3O2S.ClH/c1-2-16(22)21-11-24-10-15(21)17(23)20-7-6-19-9-14(20)12-4-3-5-13(18)8-12;/h3-5,8,14-15,19H,2,6-7,9-11H2,1H3;1H. The van der Waals surface area contributed by atoms with E-state index in [4.69, 9.17) is 11.6 Å². The van der Waals surface area contributed by atoms with E-state index in [0.717, 1.165) is 12.1 Å². The van der Waals surface area contributed by atoms with E-state index in [0.29, 0.717) is 36.2 Å². The first-order valence-corrected chi connectivity index (χ1v) is 9.79. The van der Waals surface area contributed by atoms with Crippen LogP contribution in [0.5, 0.6) is 0 Å². The number of hydrogen-bond acceptors (Lipinski definition) is 4. The number of piperazine rings is 1. The number of amides is 2. The molecule has 25 heavy (non-hydrogen) atoms. The van der Waals surface area contributed by atoms with Crippen molar-refractivity contribution in [1.29, 1.82) is 0 Å². The topological polar surface area (TPSA) is 52.7 Å². The van der Waals surface area contributed by atoms with E-state index in [-0.39, 0.29) is 36.3 Å². The van der Waals surface area contributed by atoms with Crippen molar-refractivity contribution in [2.75, 3.05) is 31.3 Å². The van der Waals surface area contributed by atoms with Crippen molar-refractivity contribution in [2.45, 2.75) is 25.4 Å². The van der Waals surface area contributed by atoms with Crippen LogP contribution >= 0.6 is 35.8 Å². The number of nitrogens with zero attached hydrogens (tertiary/aromatic N) is 2. The lowest BCUT2D eigenvalue weighted by Gasteiger charge is -2.39. The molecule has 8 heteroatoms. The second kappa shape index (κ2) is 9.12. The number of halogens is 2. The first-order valence-electron chi connectivity index (χ1n) is 8.25. The molecule has 1 aromatic rings. The minimum Gasteiger partial charge on any atom is -0.331 e. The second-order valence-electron chi connectivity index (χ2n) is 6.04. The second-order valence-corrected chi connectivity index (χ2v) is 7.48. The minimum atomic E-state index is -0.345. The van der Waals surface area contributed by atoms with Crippen molar-refractivity contribution in [3.63, 3.8) is 0 Å². The van der Waals surface area contributed by atoms with Gasteiger partial charge in [0.15, 0.2) is 0 Å². The predicted octanol–water partition coefficient (Wildman–Crippen LogP) is 2.55. The molecular formula is C17H23Cl2N3O2S. The molecule has 2 fully saturated rings. The van der Waals surface area contributed by atoms with Crippen LogP contribution in [0.15, 0.2) is 24.3 Å². The average molecular weight is 404 g/mol. The van der Waals surface area contributed by atoms with Crippen LogP contribution in [0.25, 0.3) is 0 Å². The third-order valence-electron chi connectivity index (χ3n) is 4.55. The maximum Gasteiger partial charge on any atom is 0.246 e. The van der Waals surface area contributed by atoms with Crippen LogP contribution in [0.2, 0.25) is 5.02 Å². The fraction of sp³-hybridized carbons (Fsp3) is 0.529. The van der Waals surface area contributed by atoms with Gasteiger partial charge in [-0.15, -0.1) is 24.2 Å². The van der Waals surface area contributed by atoms with Gasteiger partial charge in [0.1, 0.15) is 6.04 Å². The molecule has 2 heterocycles. The highest BCUT2D eigenvalue weighted by Crippen LogP contribution is 2.29.